The van der Waals surface area contributed by atoms with Gasteiger partial charge in [-0.3, -0.25) is 0 Å². The summed E-state index contributed by atoms with van der Waals surface area (Å²) >= 11 is 1.85. The van der Waals surface area contributed by atoms with Crippen molar-refractivity contribution in [3.63, 3.8) is 0 Å². The Morgan fingerprint density at radius 1 is 1.17 bits per heavy atom. The summed E-state index contributed by atoms with van der Waals surface area (Å²) in [4.78, 5) is 1.30. The van der Waals surface area contributed by atoms with Gasteiger partial charge in [0.1, 0.15) is 0 Å². The van der Waals surface area contributed by atoms with Crippen molar-refractivity contribution in [1.82, 2.24) is 0 Å². The van der Waals surface area contributed by atoms with E-state index in [1.54, 1.807) is 0 Å². The molecule has 2 rings (SSSR count). The van der Waals surface area contributed by atoms with Gasteiger partial charge in [0.05, 0.1) is 6.10 Å². The normalized spacial score (nSPS) is 18.8. The number of hydrogen-bond donors (Lipinski definition) is 1. The Kier molecular flexibility index (Phi) is 5.58. The van der Waals surface area contributed by atoms with Gasteiger partial charge in [0.25, 0.3) is 0 Å². The zero-order valence-corrected chi connectivity index (χ0v) is 12.1. The maximum absolute atomic E-state index is 10.3. The predicted octanol–water partition coefficient (Wildman–Crippen LogP) is 4.80. The summed E-state index contributed by atoms with van der Waals surface area (Å²) in [5, 5.41) is 10.3. The molecule has 0 aromatic heterocycles. The third-order valence-electron chi connectivity index (χ3n) is 3.86. The maximum Gasteiger partial charge on any atom is 0.0792 e. The van der Waals surface area contributed by atoms with E-state index < -0.39 is 0 Å². The lowest BCUT2D eigenvalue weighted by Crippen LogP contribution is -2.11. The van der Waals surface area contributed by atoms with Crippen molar-refractivity contribution >= 4 is 11.8 Å². The third kappa shape index (κ3) is 4.03. The summed E-state index contributed by atoms with van der Waals surface area (Å²) in [6.45, 7) is 2.16. The van der Waals surface area contributed by atoms with E-state index in [1.807, 2.05) is 11.8 Å². The Labute approximate surface area is 115 Å². The van der Waals surface area contributed by atoms with Gasteiger partial charge in [0.2, 0.25) is 0 Å². The molecule has 0 spiro atoms. The molecule has 100 valence electrons. The van der Waals surface area contributed by atoms with Crippen molar-refractivity contribution in [3.05, 3.63) is 29.8 Å². The summed E-state index contributed by atoms with van der Waals surface area (Å²) < 4.78 is 0. The minimum Gasteiger partial charge on any atom is -0.388 e. The van der Waals surface area contributed by atoms with E-state index in [1.165, 1.54) is 37.0 Å². The lowest BCUT2D eigenvalue weighted by molar-refractivity contribution is 0.131. The van der Waals surface area contributed by atoms with Gasteiger partial charge in [0.15, 0.2) is 0 Å². The first kappa shape index (κ1) is 14.0. The van der Waals surface area contributed by atoms with Gasteiger partial charge >= 0.3 is 0 Å². The molecule has 1 aromatic carbocycles. The largest absolute Gasteiger partial charge is 0.388 e. The van der Waals surface area contributed by atoms with Crippen LogP contribution in [0.1, 0.15) is 57.1 Å². The molecule has 1 unspecified atom stereocenters. The molecule has 1 aromatic rings. The second-order valence-corrected chi connectivity index (χ2v) is 6.60. The SMILES string of the molecule is CCSc1ccc(C(O)CC2CCCCC2)cc1. The molecule has 0 bridgehead atoms. The molecule has 0 aliphatic heterocycles. The average molecular weight is 264 g/mol. The number of aliphatic hydroxyl groups excluding tert-OH is 1. The topological polar surface area (TPSA) is 20.2 Å². The Hall–Kier alpha value is -0.470. The van der Waals surface area contributed by atoms with E-state index in [4.69, 9.17) is 0 Å². The van der Waals surface area contributed by atoms with Crippen LogP contribution in [0.2, 0.25) is 0 Å². The van der Waals surface area contributed by atoms with Crippen LogP contribution in [0.5, 0.6) is 0 Å². The molecule has 2 heteroatoms. The first-order valence-electron chi connectivity index (χ1n) is 7.20. The zero-order chi connectivity index (χ0) is 12.8. The van der Waals surface area contributed by atoms with Crippen molar-refractivity contribution in [2.24, 2.45) is 5.92 Å². The molecule has 1 fully saturated rings. The molecular weight excluding hydrogens is 240 g/mol. The quantitative estimate of drug-likeness (QED) is 0.771. The first-order valence-corrected chi connectivity index (χ1v) is 8.19. The van der Waals surface area contributed by atoms with E-state index in [0.717, 1.165) is 23.7 Å². The minimum atomic E-state index is -0.270. The van der Waals surface area contributed by atoms with Crippen LogP contribution in [0.25, 0.3) is 0 Å². The van der Waals surface area contributed by atoms with Gasteiger partial charge in [0, 0.05) is 4.90 Å². The minimum absolute atomic E-state index is 0.270. The Balaban J connectivity index is 1.89. The highest BCUT2D eigenvalue weighted by Gasteiger charge is 2.18. The summed E-state index contributed by atoms with van der Waals surface area (Å²) in [6, 6.07) is 8.44. The van der Waals surface area contributed by atoms with Crippen molar-refractivity contribution < 1.29 is 5.11 Å². The van der Waals surface area contributed by atoms with E-state index in [2.05, 4.69) is 31.2 Å². The number of aliphatic hydroxyl groups is 1. The fourth-order valence-corrected chi connectivity index (χ4v) is 3.49. The number of hydrogen-bond acceptors (Lipinski definition) is 2. The molecule has 18 heavy (non-hydrogen) atoms. The second-order valence-electron chi connectivity index (χ2n) is 5.26. The Morgan fingerprint density at radius 2 is 1.83 bits per heavy atom. The van der Waals surface area contributed by atoms with Crippen molar-refractivity contribution in [2.45, 2.75) is 56.4 Å². The first-order chi connectivity index (χ1) is 8.79. The molecule has 1 N–H and O–H groups in total. The fourth-order valence-electron chi connectivity index (χ4n) is 2.83. The van der Waals surface area contributed by atoms with Crippen LogP contribution < -0.4 is 0 Å². The van der Waals surface area contributed by atoms with Crippen molar-refractivity contribution in [3.8, 4) is 0 Å². The second kappa shape index (κ2) is 7.20. The van der Waals surface area contributed by atoms with Gasteiger partial charge in [-0.15, -0.1) is 11.8 Å². The van der Waals surface area contributed by atoms with Crippen LogP contribution in [0.4, 0.5) is 0 Å². The smallest absolute Gasteiger partial charge is 0.0792 e. The van der Waals surface area contributed by atoms with Gasteiger partial charge in [-0.25, -0.2) is 0 Å². The van der Waals surface area contributed by atoms with Crippen molar-refractivity contribution in [1.29, 1.82) is 0 Å². The van der Waals surface area contributed by atoms with Crippen LogP contribution in [0, 0.1) is 5.92 Å². The lowest BCUT2D eigenvalue weighted by Gasteiger charge is -2.24. The summed E-state index contributed by atoms with van der Waals surface area (Å²) in [7, 11) is 0. The molecule has 0 heterocycles. The number of thioether (sulfide) groups is 1. The predicted molar refractivity (Wildman–Crippen MR) is 79.0 cm³/mol. The van der Waals surface area contributed by atoms with Crippen LogP contribution in [-0.4, -0.2) is 10.9 Å². The highest BCUT2D eigenvalue weighted by molar-refractivity contribution is 7.99. The van der Waals surface area contributed by atoms with E-state index in [9.17, 15) is 5.11 Å². The van der Waals surface area contributed by atoms with E-state index in [-0.39, 0.29) is 6.10 Å². The number of rotatable bonds is 5. The van der Waals surface area contributed by atoms with Crippen molar-refractivity contribution in [2.75, 3.05) is 5.75 Å². The Morgan fingerprint density at radius 3 is 2.44 bits per heavy atom. The van der Waals surface area contributed by atoms with Gasteiger partial charge in [-0.2, -0.15) is 0 Å². The van der Waals surface area contributed by atoms with E-state index >= 15 is 0 Å². The van der Waals surface area contributed by atoms with Gasteiger partial charge < -0.3 is 5.11 Å². The highest BCUT2D eigenvalue weighted by atomic mass is 32.2. The molecule has 1 atom stereocenters. The summed E-state index contributed by atoms with van der Waals surface area (Å²) in [5.41, 5.74) is 1.08. The standard InChI is InChI=1S/C16H24OS/c1-2-18-15-10-8-14(9-11-15)16(17)12-13-6-4-3-5-7-13/h8-11,13,16-17H,2-7,12H2,1H3. The van der Waals surface area contributed by atoms with Crippen LogP contribution in [0.15, 0.2) is 29.2 Å². The average Bonchev–Trinajstić information content (AvgIpc) is 2.41. The van der Waals surface area contributed by atoms with Crippen LogP contribution in [-0.2, 0) is 0 Å². The molecule has 1 nitrogen and oxygen atoms in total. The van der Waals surface area contributed by atoms with Gasteiger partial charge in [-0.05, 0) is 35.8 Å². The molecule has 1 aliphatic rings. The summed E-state index contributed by atoms with van der Waals surface area (Å²) in [6.07, 6.45) is 7.37. The number of benzene rings is 1. The molecule has 1 aliphatic carbocycles. The zero-order valence-electron chi connectivity index (χ0n) is 11.3. The van der Waals surface area contributed by atoms with Crippen LogP contribution in [0.3, 0.4) is 0 Å². The monoisotopic (exact) mass is 264 g/mol. The fraction of sp³-hybridized carbons (Fsp3) is 0.625. The highest BCUT2D eigenvalue weighted by Crippen LogP contribution is 2.32. The van der Waals surface area contributed by atoms with E-state index in [0.29, 0.717) is 0 Å². The molecular formula is C16H24OS. The third-order valence-corrected chi connectivity index (χ3v) is 4.75. The maximum atomic E-state index is 10.3. The molecule has 0 amide bonds. The lowest BCUT2D eigenvalue weighted by atomic mass is 9.84. The molecule has 0 radical (unpaired) electrons. The Bertz CT molecular complexity index is 341. The van der Waals surface area contributed by atoms with Crippen LogP contribution >= 0.6 is 11.8 Å². The molecule has 1 saturated carbocycles. The molecule has 0 saturated heterocycles. The summed E-state index contributed by atoms with van der Waals surface area (Å²) in [5.74, 6) is 1.84. The van der Waals surface area contributed by atoms with Gasteiger partial charge in [-0.1, -0.05) is 51.2 Å².